The first-order valence-corrected chi connectivity index (χ1v) is 10.4. The Morgan fingerprint density at radius 3 is 2.52 bits per heavy atom. The molecule has 0 aliphatic carbocycles. The summed E-state index contributed by atoms with van der Waals surface area (Å²) in [7, 11) is -3.40. The number of aliphatic hydroxyl groups is 1. The van der Waals surface area contributed by atoms with Crippen molar-refractivity contribution in [3.8, 4) is 22.6 Å². The minimum absolute atomic E-state index is 0.0372. The molecular formula is C18H16F3N3O4S. The molecule has 1 saturated heterocycles. The normalized spacial score (nSPS) is 19.5. The number of benzene rings is 1. The number of alkyl halides is 3. The highest BCUT2D eigenvalue weighted by molar-refractivity contribution is 7.90. The fraction of sp³-hybridized carbons (Fsp3) is 0.278. The van der Waals surface area contributed by atoms with Gasteiger partial charge in [-0.1, -0.05) is 12.1 Å². The van der Waals surface area contributed by atoms with Gasteiger partial charge in [0.1, 0.15) is 6.10 Å². The van der Waals surface area contributed by atoms with Gasteiger partial charge in [0, 0.05) is 11.9 Å². The van der Waals surface area contributed by atoms with E-state index in [2.05, 4.69) is 10.1 Å². The summed E-state index contributed by atoms with van der Waals surface area (Å²) in [5, 5.41) is 12.9. The molecule has 3 aromatic rings. The molecule has 0 spiro atoms. The molecule has 1 aliphatic heterocycles. The average Bonchev–Trinajstić information content (AvgIpc) is 3.03. The Labute approximate surface area is 163 Å². The van der Waals surface area contributed by atoms with Crippen molar-refractivity contribution >= 4 is 9.84 Å². The van der Waals surface area contributed by atoms with Crippen LogP contribution in [0.3, 0.4) is 0 Å². The molecule has 1 aliphatic rings. The van der Waals surface area contributed by atoms with E-state index in [0.717, 1.165) is 17.0 Å². The lowest BCUT2D eigenvalue weighted by Gasteiger charge is -2.05. The van der Waals surface area contributed by atoms with Crippen molar-refractivity contribution in [2.75, 3.05) is 6.26 Å². The second kappa shape index (κ2) is 6.71. The molecule has 2 atom stereocenters. The van der Waals surface area contributed by atoms with Crippen LogP contribution in [0.15, 0.2) is 47.4 Å². The number of epoxide rings is 1. The third-order valence-electron chi connectivity index (χ3n) is 4.51. The van der Waals surface area contributed by atoms with Crippen LogP contribution in [-0.2, 0) is 27.3 Å². The van der Waals surface area contributed by atoms with E-state index in [1.54, 1.807) is 24.3 Å². The first-order valence-electron chi connectivity index (χ1n) is 8.51. The highest BCUT2D eigenvalue weighted by atomic mass is 32.2. The van der Waals surface area contributed by atoms with Gasteiger partial charge < -0.3 is 14.8 Å². The zero-order valence-electron chi connectivity index (χ0n) is 15.0. The number of aromatic nitrogens is 3. The number of aliphatic hydroxyl groups excluding tert-OH is 1. The Bertz CT molecular complexity index is 1170. The third-order valence-corrected chi connectivity index (χ3v) is 5.62. The Hall–Kier alpha value is -2.63. The zero-order chi connectivity index (χ0) is 21.0. The van der Waals surface area contributed by atoms with Gasteiger partial charge in [0.05, 0.1) is 22.8 Å². The summed E-state index contributed by atoms with van der Waals surface area (Å²) >= 11 is 0. The molecule has 11 heteroatoms. The second-order valence-corrected chi connectivity index (χ2v) is 8.76. The largest absolute Gasteiger partial charge is 0.435 e. The van der Waals surface area contributed by atoms with Gasteiger partial charge in [0.2, 0.25) is 0 Å². The van der Waals surface area contributed by atoms with E-state index in [9.17, 15) is 26.7 Å². The first kappa shape index (κ1) is 19.7. The van der Waals surface area contributed by atoms with E-state index in [1.165, 1.54) is 12.1 Å². The first-order chi connectivity index (χ1) is 13.5. The number of H-pyrrole nitrogens is 1. The molecule has 29 heavy (non-hydrogen) atoms. The maximum absolute atomic E-state index is 13.1. The van der Waals surface area contributed by atoms with Gasteiger partial charge in [-0.15, -0.1) is 0 Å². The monoisotopic (exact) mass is 427 g/mol. The topological polar surface area (TPSA) is 101 Å². The van der Waals surface area contributed by atoms with Crippen LogP contribution < -0.4 is 0 Å². The van der Waals surface area contributed by atoms with Gasteiger partial charge in [-0.05, 0) is 35.9 Å². The molecule has 2 aromatic heterocycles. The maximum Gasteiger partial charge on any atom is 0.435 e. The molecule has 0 radical (unpaired) electrons. The summed E-state index contributed by atoms with van der Waals surface area (Å²) in [6, 6.07) is 10.4. The summed E-state index contributed by atoms with van der Waals surface area (Å²) < 4.78 is 68.9. The average molecular weight is 427 g/mol. The SMILES string of the molecule is CS(=O)(=O)c1cccc(-c2ccc(-c3cc(C(F)(F)F)nn3CC3OC3O)[nH]2)c1. The molecule has 1 fully saturated rings. The molecule has 2 N–H and O–H groups in total. The Morgan fingerprint density at radius 1 is 1.21 bits per heavy atom. The standard InChI is InChI=1S/C18H16F3N3O4S/c1-29(26,27)11-4-2-3-10(7-11)12-5-6-13(22-12)14-8-16(18(19,20)21)23-24(14)9-15-17(25)28-15/h2-8,15,17,22,25H,9H2,1H3. The molecule has 0 bridgehead atoms. The van der Waals surface area contributed by atoms with Crippen molar-refractivity contribution in [1.82, 2.24) is 14.8 Å². The zero-order valence-corrected chi connectivity index (χ0v) is 15.8. The smallest absolute Gasteiger partial charge is 0.366 e. The van der Waals surface area contributed by atoms with Gasteiger partial charge in [-0.2, -0.15) is 18.3 Å². The summed E-state index contributed by atoms with van der Waals surface area (Å²) in [6.45, 7) is -0.0372. The Kier molecular flexibility index (Phi) is 4.56. The lowest BCUT2D eigenvalue weighted by molar-refractivity contribution is -0.141. The number of hydrogen-bond acceptors (Lipinski definition) is 5. The van der Waals surface area contributed by atoms with E-state index in [0.29, 0.717) is 17.0 Å². The van der Waals surface area contributed by atoms with Crippen LogP contribution in [0.1, 0.15) is 5.69 Å². The fourth-order valence-corrected chi connectivity index (χ4v) is 3.62. The van der Waals surface area contributed by atoms with Crippen LogP contribution in [-0.4, -0.2) is 46.9 Å². The van der Waals surface area contributed by atoms with Gasteiger partial charge in [-0.25, -0.2) is 8.42 Å². The quantitative estimate of drug-likeness (QED) is 0.610. The van der Waals surface area contributed by atoms with Crippen molar-refractivity contribution in [2.45, 2.75) is 30.0 Å². The minimum atomic E-state index is -4.62. The van der Waals surface area contributed by atoms with E-state index in [-0.39, 0.29) is 17.1 Å². The van der Waals surface area contributed by atoms with Crippen LogP contribution in [0, 0.1) is 0 Å². The van der Waals surface area contributed by atoms with Gasteiger partial charge in [0.15, 0.2) is 21.8 Å². The van der Waals surface area contributed by atoms with Crippen LogP contribution in [0.5, 0.6) is 0 Å². The number of sulfone groups is 1. The molecule has 3 heterocycles. The predicted octanol–water partition coefficient (Wildman–Crippen LogP) is 2.68. The lowest BCUT2D eigenvalue weighted by Crippen LogP contribution is -2.12. The van der Waals surface area contributed by atoms with Crippen LogP contribution in [0.25, 0.3) is 22.6 Å². The van der Waals surface area contributed by atoms with Crippen molar-refractivity contribution in [1.29, 1.82) is 0 Å². The number of halogens is 3. The maximum atomic E-state index is 13.1. The third kappa shape index (κ3) is 4.07. The van der Waals surface area contributed by atoms with Gasteiger partial charge >= 0.3 is 6.18 Å². The van der Waals surface area contributed by atoms with Gasteiger partial charge in [-0.3, -0.25) is 4.68 Å². The van der Waals surface area contributed by atoms with Crippen LogP contribution >= 0.6 is 0 Å². The van der Waals surface area contributed by atoms with Crippen molar-refractivity contribution < 1.29 is 31.4 Å². The van der Waals surface area contributed by atoms with E-state index in [1.807, 2.05) is 0 Å². The fourth-order valence-electron chi connectivity index (χ4n) is 2.96. The minimum Gasteiger partial charge on any atom is -0.366 e. The number of hydrogen-bond donors (Lipinski definition) is 2. The highest BCUT2D eigenvalue weighted by Crippen LogP contribution is 2.34. The number of nitrogens with one attached hydrogen (secondary N) is 1. The molecule has 154 valence electrons. The van der Waals surface area contributed by atoms with Crippen molar-refractivity contribution in [2.24, 2.45) is 0 Å². The molecule has 0 amide bonds. The van der Waals surface area contributed by atoms with Crippen LogP contribution in [0.4, 0.5) is 13.2 Å². The molecule has 0 saturated carbocycles. The van der Waals surface area contributed by atoms with Crippen molar-refractivity contribution in [3.63, 3.8) is 0 Å². The lowest BCUT2D eigenvalue weighted by atomic mass is 10.2. The molecule has 2 unspecified atom stereocenters. The molecular weight excluding hydrogens is 411 g/mol. The summed E-state index contributed by atoms with van der Waals surface area (Å²) in [6.07, 6.45) is -5.16. The number of rotatable bonds is 5. The summed E-state index contributed by atoms with van der Waals surface area (Å²) in [4.78, 5) is 3.14. The molecule has 4 rings (SSSR count). The number of ether oxygens (including phenoxy) is 1. The second-order valence-electron chi connectivity index (χ2n) is 6.75. The Morgan fingerprint density at radius 2 is 1.90 bits per heavy atom. The summed E-state index contributed by atoms with van der Waals surface area (Å²) in [5.74, 6) is 0. The number of nitrogens with zero attached hydrogens (tertiary/aromatic N) is 2. The van der Waals surface area contributed by atoms with Gasteiger partial charge in [0.25, 0.3) is 0 Å². The highest BCUT2D eigenvalue weighted by Gasteiger charge is 2.40. The predicted molar refractivity (Wildman–Crippen MR) is 96.4 cm³/mol. The number of aromatic amines is 1. The summed E-state index contributed by atoms with van der Waals surface area (Å²) in [5.41, 5.74) is 0.586. The van der Waals surface area contributed by atoms with Crippen molar-refractivity contribution in [3.05, 3.63) is 48.2 Å². The molecule has 7 nitrogen and oxygen atoms in total. The van der Waals surface area contributed by atoms with Crippen LogP contribution in [0.2, 0.25) is 0 Å². The van der Waals surface area contributed by atoms with E-state index < -0.39 is 34.1 Å². The van der Waals surface area contributed by atoms with E-state index >= 15 is 0 Å². The molecule has 1 aromatic carbocycles. The Balaban J connectivity index is 1.72. The van der Waals surface area contributed by atoms with E-state index in [4.69, 9.17) is 4.74 Å².